The number of aromatic carboxylic acids is 1. The van der Waals surface area contributed by atoms with Crippen LogP contribution < -0.4 is 10.6 Å². The average Bonchev–Trinajstić information content (AvgIpc) is 2.38. The molecule has 114 valence electrons. The van der Waals surface area contributed by atoms with Crippen molar-refractivity contribution in [2.75, 3.05) is 18.5 Å². The van der Waals surface area contributed by atoms with E-state index in [0.717, 1.165) is 12.8 Å². The Morgan fingerprint density at radius 2 is 1.95 bits per heavy atom. The number of amides is 2. The summed E-state index contributed by atoms with van der Waals surface area (Å²) in [6.45, 7) is 4.89. The second kappa shape index (κ2) is 6.13. The Morgan fingerprint density at radius 1 is 1.29 bits per heavy atom. The van der Waals surface area contributed by atoms with Crippen LogP contribution in [-0.2, 0) is 4.74 Å². The van der Waals surface area contributed by atoms with E-state index in [2.05, 4.69) is 10.6 Å². The molecular weight excluding hydrogens is 272 g/mol. The molecule has 6 heteroatoms. The zero-order valence-corrected chi connectivity index (χ0v) is 12.2. The Bertz CT molecular complexity index is 551. The van der Waals surface area contributed by atoms with Crippen molar-refractivity contribution in [2.45, 2.75) is 32.2 Å². The van der Waals surface area contributed by atoms with E-state index in [1.807, 2.05) is 6.92 Å². The van der Waals surface area contributed by atoms with E-state index < -0.39 is 12.0 Å². The van der Waals surface area contributed by atoms with Crippen LogP contribution in [0.3, 0.4) is 0 Å². The summed E-state index contributed by atoms with van der Waals surface area (Å²) in [7, 11) is 0. The van der Waals surface area contributed by atoms with Gasteiger partial charge in [0.05, 0.1) is 11.3 Å². The lowest BCUT2D eigenvalue weighted by molar-refractivity contribution is 0.0499. The molecule has 0 spiro atoms. The van der Waals surface area contributed by atoms with Gasteiger partial charge in [0.2, 0.25) is 0 Å². The zero-order chi connectivity index (χ0) is 15.5. The maximum absolute atomic E-state index is 12.1. The van der Waals surface area contributed by atoms with Crippen molar-refractivity contribution in [3.8, 4) is 0 Å². The van der Waals surface area contributed by atoms with Crippen LogP contribution in [0.4, 0.5) is 10.5 Å². The summed E-state index contributed by atoms with van der Waals surface area (Å²) >= 11 is 0. The molecular formula is C15H20N2O4. The normalized spacial score (nSPS) is 17.0. The van der Waals surface area contributed by atoms with Gasteiger partial charge in [0.25, 0.3) is 0 Å². The Morgan fingerprint density at radius 3 is 2.57 bits per heavy atom. The highest BCUT2D eigenvalue weighted by Crippen LogP contribution is 2.22. The summed E-state index contributed by atoms with van der Waals surface area (Å²) in [5.41, 5.74) is 0.702. The van der Waals surface area contributed by atoms with Crippen LogP contribution in [0.15, 0.2) is 18.2 Å². The van der Waals surface area contributed by atoms with Crippen molar-refractivity contribution in [3.63, 3.8) is 0 Å². The fraction of sp³-hybridized carbons (Fsp3) is 0.467. The van der Waals surface area contributed by atoms with Crippen molar-refractivity contribution >= 4 is 17.7 Å². The zero-order valence-electron chi connectivity index (χ0n) is 12.2. The van der Waals surface area contributed by atoms with Gasteiger partial charge < -0.3 is 20.5 Å². The number of carboxylic acids is 1. The van der Waals surface area contributed by atoms with E-state index in [9.17, 15) is 14.7 Å². The van der Waals surface area contributed by atoms with Crippen LogP contribution in [0.2, 0.25) is 0 Å². The smallest absolute Gasteiger partial charge is 0.338 e. The molecule has 1 heterocycles. The molecule has 1 aromatic rings. The number of hydrogen-bond donors (Lipinski definition) is 3. The summed E-state index contributed by atoms with van der Waals surface area (Å²) in [6, 6.07) is 4.61. The standard InChI is InChI=1S/C15H20N2O4/c1-10-4-3-5-11(12(10)13(18)19)16-14(20)17-15(2)6-8-21-9-7-15/h3-5H,6-9H2,1-2H3,(H,18,19)(H2,16,17,20). The van der Waals surface area contributed by atoms with Gasteiger partial charge in [-0.3, -0.25) is 0 Å². The Kier molecular flexibility index (Phi) is 4.47. The van der Waals surface area contributed by atoms with Crippen LogP contribution in [0.25, 0.3) is 0 Å². The number of aryl methyl sites for hydroxylation is 1. The lowest BCUT2D eigenvalue weighted by atomic mass is 9.93. The molecule has 1 aliphatic heterocycles. The van der Waals surface area contributed by atoms with Crippen LogP contribution in [0.5, 0.6) is 0 Å². The lowest BCUT2D eigenvalue weighted by Gasteiger charge is -2.34. The SMILES string of the molecule is Cc1cccc(NC(=O)NC2(C)CCOCC2)c1C(=O)O. The van der Waals surface area contributed by atoms with Crippen LogP contribution in [0.1, 0.15) is 35.7 Å². The number of urea groups is 1. The summed E-state index contributed by atoms with van der Waals surface area (Å²) < 4.78 is 5.28. The minimum Gasteiger partial charge on any atom is -0.478 e. The fourth-order valence-electron chi connectivity index (χ4n) is 2.43. The number of ether oxygens (including phenoxy) is 1. The molecule has 0 atom stereocenters. The monoisotopic (exact) mass is 292 g/mol. The third-order valence-electron chi connectivity index (χ3n) is 3.75. The molecule has 0 aromatic heterocycles. The molecule has 0 radical (unpaired) electrons. The number of nitrogens with one attached hydrogen (secondary N) is 2. The summed E-state index contributed by atoms with van der Waals surface area (Å²) in [5, 5.41) is 14.8. The first-order valence-electron chi connectivity index (χ1n) is 6.91. The van der Waals surface area contributed by atoms with Gasteiger partial charge in [0.15, 0.2) is 0 Å². The van der Waals surface area contributed by atoms with Crippen molar-refractivity contribution in [1.29, 1.82) is 0 Å². The number of carbonyl (C=O) groups is 2. The first kappa shape index (κ1) is 15.3. The van der Waals surface area contributed by atoms with Gasteiger partial charge in [-0.05, 0) is 38.3 Å². The molecule has 2 rings (SSSR count). The summed E-state index contributed by atoms with van der Waals surface area (Å²) in [4.78, 5) is 23.4. The minimum absolute atomic E-state index is 0.116. The topological polar surface area (TPSA) is 87.7 Å². The third kappa shape index (κ3) is 3.72. The minimum atomic E-state index is -1.05. The molecule has 3 N–H and O–H groups in total. The average molecular weight is 292 g/mol. The molecule has 6 nitrogen and oxygen atoms in total. The largest absolute Gasteiger partial charge is 0.478 e. The lowest BCUT2D eigenvalue weighted by Crippen LogP contribution is -2.51. The molecule has 0 bridgehead atoms. The highest BCUT2D eigenvalue weighted by molar-refractivity contribution is 6.01. The van der Waals surface area contributed by atoms with Crippen molar-refractivity contribution in [3.05, 3.63) is 29.3 Å². The van der Waals surface area contributed by atoms with E-state index in [1.165, 1.54) is 0 Å². The molecule has 1 aliphatic rings. The van der Waals surface area contributed by atoms with Gasteiger partial charge in [-0.2, -0.15) is 0 Å². The number of rotatable bonds is 3. The molecule has 0 saturated carbocycles. The molecule has 21 heavy (non-hydrogen) atoms. The summed E-state index contributed by atoms with van der Waals surface area (Å²) in [6.07, 6.45) is 1.47. The third-order valence-corrected chi connectivity index (χ3v) is 3.75. The molecule has 2 amide bonds. The predicted molar refractivity (Wildman–Crippen MR) is 78.8 cm³/mol. The summed E-state index contributed by atoms with van der Waals surface area (Å²) in [5.74, 6) is -1.05. The first-order valence-corrected chi connectivity index (χ1v) is 6.91. The fourth-order valence-corrected chi connectivity index (χ4v) is 2.43. The van der Waals surface area contributed by atoms with E-state index in [1.54, 1.807) is 25.1 Å². The maximum atomic E-state index is 12.1. The van der Waals surface area contributed by atoms with Crippen molar-refractivity contribution in [1.82, 2.24) is 5.32 Å². The van der Waals surface area contributed by atoms with Crippen molar-refractivity contribution < 1.29 is 19.4 Å². The van der Waals surface area contributed by atoms with Gasteiger partial charge in [0.1, 0.15) is 0 Å². The van der Waals surface area contributed by atoms with Crippen LogP contribution in [-0.4, -0.2) is 35.9 Å². The van der Waals surface area contributed by atoms with Crippen molar-refractivity contribution in [2.24, 2.45) is 0 Å². The van der Waals surface area contributed by atoms with Crippen LogP contribution in [0, 0.1) is 6.92 Å². The predicted octanol–water partition coefficient (Wildman–Crippen LogP) is 2.38. The Labute approximate surface area is 123 Å². The first-order chi connectivity index (χ1) is 9.91. The van der Waals surface area contributed by atoms with Gasteiger partial charge in [0, 0.05) is 18.8 Å². The van der Waals surface area contributed by atoms with Gasteiger partial charge in [-0.25, -0.2) is 9.59 Å². The molecule has 1 fully saturated rings. The molecule has 0 unspecified atom stereocenters. The number of carbonyl (C=O) groups excluding carboxylic acids is 1. The van der Waals surface area contributed by atoms with Crippen LogP contribution >= 0.6 is 0 Å². The van der Waals surface area contributed by atoms with E-state index >= 15 is 0 Å². The van der Waals surface area contributed by atoms with Gasteiger partial charge in [-0.15, -0.1) is 0 Å². The number of anilines is 1. The second-order valence-electron chi connectivity index (χ2n) is 5.55. The molecule has 1 saturated heterocycles. The Hall–Kier alpha value is -2.08. The highest BCUT2D eigenvalue weighted by atomic mass is 16.5. The van der Waals surface area contributed by atoms with Gasteiger partial charge in [-0.1, -0.05) is 12.1 Å². The highest BCUT2D eigenvalue weighted by Gasteiger charge is 2.29. The number of hydrogen-bond acceptors (Lipinski definition) is 3. The molecule has 1 aromatic carbocycles. The van der Waals surface area contributed by atoms with E-state index in [0.29, 0.717) is 24.5 Å². The van der Waals surface area contributed by atoms with E-state index in [-0.39, 0.29) is 11.1 Å². The maximum Gasteiger partial charge on any atom is 0.338 e. The van der Waals surface area contributed by atoms with E-state index in [4.69, 9.17) is 4.74 Å². The van der Waals surface area contributed by atoms with Gasteiger partial charge >= 0.3 is 12.0 Å². The quantitative estimate of drug-likeness (QED) is 0.798. The number of benzene rings is 1. The Balaban J connectivity index is 2.09. The molecule has 0 aliphatic carbocycles. The second-order valence-corrected chi connectivity index (χ2v) is 5.55. The number of carboxylic acid groups (broad SMARTS) is 1.